The highest BCUT2D eigenvalue weighted by molar-refractivity contribution is 14.1. The van der Waals surface area contributed by atoms with Gasteiger partial charge in [-0.05, 0) is 51.2 Å². The van der Waals surface area contributed by atoms with E-state index in [-0.39, 0.29) is 5.75 Å². The van der Waals surface area contributed by atoms with Crippen LogP contribution in [-0.2, 0) is 4.79 Å². The molecule has 1 unspecified atom stereocenters. The molecule has 1 aromatic rings. The summed E-state index contributed by atoms with van der Waals surface area (Å²) < 4.78 is 1.10. The summed E-state index contributed by atoms with van der Waals surface area (Å²) in [4.78, 5) is 10.5. The highest BCUT2D eigenvalue weighted by Crippen LogP contribution is 2.30. The van der Waals surface area contributed by atoms with Crippen LogP contribution in [0.1, 0.15) is 11.7 Å². The summed E-state index contributed by atoms with van der Waals surface area (Å²) in [7, 11) is 0. The number of halogens is 2. The summed E-state index contributed by atoms with van der Waals surface area (Å²) in [6, 6.07) is 2.77. The van der Waals surface area contributed by atoms with Gasteiger partial charge in [0.1, 0.15) is 5.75 Å². The molecular formula is C8H6I2O4. The van der Waals surface area contributed by atoms with E-state index in [2.05, 4.69) is 0 Å². The van der Waals surface area contributed by atoms with Crippen LogP contribution in [0.25, 0.3) is 0 Å². The number of aromatic hydroxyl groups is 1. The number of phenolic OH excluding ortho intramolecular Hbond substituents is 1. The third kappa shape index (κ3) is 2.28. The van der Waals surface area contributed by atoms with Crippen LogP contribution in [0.15, 0.2) is 12.1 Å². The van der Waals surface area contributed by atoms with Crippen molar-refractivity contribution in [1.29, 1.82) is 0 Å². The second kappa shape index (κ2) is 4.62. The number of aliphatic hydroxyl groups is 1. The summed E-state index contributed by atoms with van der Waals surface area (Å²) in [5.41, 5.74) is 0.292. The lowest BCUT2D eigenvalue weighted by Gasteiger charge is -2.10. The normalized spacial score (nSPS) is 12.5. The minimum atomic E-state index is -1.55. The van der Waals surface area contributed by atoms with Gasteiger partial charge in [-0.15, -0.1) is 0 Å². The highest BCUT2D eigenvalue weighted by atomic mass is 127. The van der Waals surface area contributed by atoms with Crippen LogP contribution >= 0.6 is 45.2 Å². The average Bonchev–Trinajstić information content (AvgIpc) is 2.13. The van der Waals surface area contributed by atoms with E-state index in [1.807, 2.05) is 45.2 Å². The Balaban J connectivity index is 3.24. The highest BCUT2D eigenvalue weighted by Gasteiger charge is 2.20. The molecule has 0 aliphatic heterocycles. The lowest BCUT2D eigenvalue weighted by Crippen LogP contribution is -2.12. The van der Waals surface area contributed by atoms with Gasteiger partial charge in [0.2, 0.25) is 0 Å². The van der Waals surface area contributed by atoms with E-state index in [1.54, 1.807) is 0 Å². The van der Waals surface area contributed by atoms with Crippen molar-refractivity contribution >= 4 is 51.2 Å². The van der Waals surface area contributed by atoms with Crippen LogP contribution in [-0.4, -0.2) is 21.3 Å². The number of benzene rings is 1. The topological polar surface area (TPSA) is 77.8 Å². The van der Waals surface area contributed by atoms with E-state index in [1.165, 1.54) is 12.1 Å². The number of carboxylic acid groups (broad SMARTS) is 1. The first kappa shape index (κ1) is 12.0. The summed E-state index contributed by atoms with van der Waals surface area (Å²) in [5.74, 6) is -1.22. The van der Waals surface area contributed by atoms with Gasteiger partial charge in [-0.2, -0.15) is 0 Å². The van der Waals surface area contributed by atoms with Gasteiger partial charge in [0.15, 0.2) is 6.10 Å². The number of aliphatic hydroxyl groups excluding tert-OH is 1. The maximum absolute atomic E-state index is 10.5. The summed E-state index contributed by atoms with van der Waals surface area (Å²) >= 11 is 3.78. The van der Waals surface area contributed by atoms with Crippen molar-refractivity contribution in [3.05, 3.63) is 24.8 Å². The Kier molecular flexibility index (Phi) is 3.95. The van der Waals surface area contributed by atoms with Crippen molar-refractivity contribution in [2.24, 2.45) is 0 Å². The lowest BCUT2D eigenvalue weighted by molar-refractivity contribution is -0.147. The van der Waals surface area contributed by atoms with Crippen molar-refractivity contribution in [3.63, 3.8) is 0 Å². The van der Waals surface area contributed by atoms with Gasteiger partial charge in [0, 0.05) is 9.13 Å². The van der Waals surface area contributed by atoms with Crippen LogP contribution in [0, 0.1) is 7.14 Å². The quantitative estimate of drug-likeness (QED) is 0.638. The molecule has 1 rings (SSSR count). The summed E-state index contributed by atoms with van der Waals surface area (Å²) in [6.07, 6.45) is -1.55. The van der Waals surface area contributed by atoms with Gasteiger partial charge in [0.05, 0.1) is 3.57 Å². The number of aliphatic carboxylic acids is 1. The minimum Gasteiger partial charge on any atom is -0.507 e. The zero-order valence-electron chi connectivity index (χ0n) is 6.74. The Bertz CT molecular complexity index is 378. The first-order valence-electron chi connectivity index (χ1n) is 3.53. The Morgan fingerprint density at radius 1 is 1.29 bits per heavy atom. The fourth-order valence-electron chi connectivity index (χ4n) is 0.898. The van der Waals surface area contributed by atoms with Crippen molar-refractivity contribution in [1.82, 2.24) is 0 Å². The third-order valence-electron chi connectivity index (χ3n) is 1.62. The van der Waals surface area contributed by atoms with Gasteiger partial charge < -0.3 is 15.3 Å². The molecule has 0 aliphatic rings. The average molecular weight is 420 g/mol. The van der Waals surface area contributed by atoms with E-state index < -0.39 is 12.1 Å². The van der Waals surface area contributed by atoms with Gasteiger partial charge in [-0.3, -0.25) is 0 Å². The minimum absolute atomic E-state index is 0.0799. The Morgan fingerprint density at radius 2 is 1.86 bits per heavy atom. The van der Waals surface area contributed by atoms with Crippen molar-refractivity contribution in [3.8, 4) is 5.75 Å². The molecule has 1 aromatic carbocycles. The molecule has 1 atom stereocenters. The van der Waals surface area contributed by atoms with Crippen LogP contribution in [0.4, 0.5) is 0 Å². The molecule has 0 radical (unpaired) electrons. The molecule has 14 heavy (non-hydrogen) atoms. The molecule has 0 bridgehead atoms. The van der Waals surface area contributed by atoms with Crippen molar-refractivity contribution < 1.29 is 20.1 Å². The Labute approximate surface area is 107 Å². The van der Waals surface area contributed by atoms with Gasteiger partial charge in [-0.25, -0.2) is 4.79 Å². The van der Waals surface area contributed by atoms with Crippen LogP contribution < -0.4 is 0 Å². The number of carbonyl (C=O) groups is 1. The van der Waals surface area contributed by atoms with E-state index in [4.69, 9.17) is 5.11 Å². The van der Waals surface area contributed by atoms with E-state index in [0.29, 0.717) is 12.7 Å². The predicted octanol–water partition coefficient (Wildman–Crippen LogP) is 1.72. The van der Waals surface area contributed by atoms with Gasteiger partial charge >= 0.3 is 5.97 Å². The van der Waals surface area contributed by atoms with E-state index in [0.717, 1.165) is 0 Å². The van der Waals surface area contributed by atoms with Crippen LogP contribution in [0.5, 0.6) is 5.75 Å². The molecule has 6 heteroatoms. The number of rotatable bonds is 2. The van der Waals surface area contributed by atoms with Crippen molar-refractivity contribution in [2.45, 2.75) is 6.10 Å². The molecule has 3 N–H and O–H groups in total. The second-order valence-electron chi connectivity index (χ2n) is 2.54. The maximum Gasteiger partial charge on any atom is 0.337 e. The van der Waals surface area contributed by atoms with Crippen LogP contribution in [0.2, 0.25) is 0 Å². The largest absolute Gasteiger partial charge is 0.507 e. The lowest BCUT2D eigenvalue weighted by atomic mass is 10.1. The zero-order valence-corrected chi connectivity index (χ0v) is 11.1. The standard InChI is InChI=1S/C8H6I2O4/c9-5-3(7(12)8(13)14)1-2-4(11)6(5)10/h1-2,7,11-12H,(H,13,14). The Hall–Kier alpha value is -0.0900. The number of carboxylic acids is 1. The first-order chi connectivity index (χ1) is 6.45. The molecule has 0 saturated carbocycles. The van der Waals surface area contributed by atoms with E-state index >= 15 is 0 Å². The first-order valence-corrected chi connectivity index (χ1v) is 5.68. The fraction of sp³-hybridized carbons (Fsp3) is 0.125. The monoisotopic (exact) mass is 420 g/mol. The smallest absolute Gasteiger partial charge is 0.337 e. The fourth-order valence-corrected chi connectivity index (χ4v) is 2.14. The SMILES string of the molecule is O=C(O)C(O)c1ccc(O)c(I)c1I. The third-order valence-corrected chi connectivity index (χ3v) is 4.91. The molecule has 0 amide bonds. The van der Waals surface area contributed by atoms with Gasteiger partial charge in [0.25, 0.3) is 0 Å². The molecule has 0 aliphatic carbocycles. The maximum atomic E-state index is 10.5. The van der Waals surface area contributed by atoms with Crippen LogP contribution in [0.3, 0.4) is 0 Å². The molecule has 4 nitrogen and oxygen atoms in total. The summed E-state index contributed by atoms with van der Waals surface area (Å²) in [6.45, 7) is 0. The molecule has 0 aromatic heterocycles. The van der Waals surface area contributed by atoms with Gasteiger partial charge in [-0.1, -0.05) is 6.07 Å². The number of hydrogen-bond acceptors (Lipinski definition) is 3. The molecule has 0 fully saturated rings. The molecule has 0 heterocycles. The molecular weight excluding hydrogens is 414 g/mol. The number of phenols is 1. The molecule has 76 valence electrons. The molecule has 0 saturated heterocycles. The summed E-state index contributed by atoms with van der Waals surface area (Å²) in [5, 5.41) is 27.2. The second-order valence-corrected chi connectivity index (χ2v) is 4.70. The Morgan fingerprint density at radius 3 is 2.36 bits per heavy atom. The van der Waals surface area contributed by atoms with E-state index in [9.17, 15) is 15.0 Å². The zero-order chi connectivity index (χ0) is 10.9. The molecule has 0 spiro atoms. The van der Waals surface area contributed by atoms with Crippen molar-refractivity contribution in [2.75, 3.05) is 0 Å². The number of hydrogen-bond donors (Lipinski definition) is 3. The predicted molar refractivity (Wildman–Crippen MR) is 66.1 cm³/mol.